The van der Waals surface area contributed by atoms with E-state index in [0.29, 0.717) is 24.2 Å². The summed E-state index contributed by atoms with van der Waals surface area (Å²) in [4.78, 5) is 31.2. The van der Waals surface area contributed by atoms with Gasteiger partial charge >= 0.3 is 5.69 Å². The number of hydrogen-bond donors (Lipinski definition) is 2. The molecule has 2 aromatic rings. The lowest BCUT2D eigenvalue weighted by molar-refractivity contribution is 0.135. The van der Waals surface area contributed by atoms with Crippen molar-refractivity contribution in [3.8, 4) is 0 Å². The number of H-pyrrole nitrogens is 2. The molecule has 0 aliphatic heterocycles. The maximum atomic E-state index is 11.6. The van der Waals surface area contributed by atoms with Crippen molar-refractivity contribution in [1.29, 1.82) is 0 Å². The van der Waals surface area contributed by atoms with Crippen LogP contribution in [0.2, 0.25) is 0 Å². The average molecular weight is 221 g/mol. The van der Waals surface area contributed by atoms with Crippen LogP contribution in [0.4, 0.5) is 0 Å². The third-order valence-electron chi connectivity index (χ3n) is 2.19. The van der Waals surface area contributed by atoms with E-state index in [4.69, 9.17) is 4.74 Å². The summed E-state index contributed by atoms with van der Waals surface area (Å²) in [5.41, 5.74) is -0.00424. The molecule has 0 aromatic carbocycles. The molecular weight excluding hydrogens is 210 g/mol. The minimum absolute atomic E-state index is 0.283. The Morgan fingerprint density at radius 1 is 1.38 bits per heavy atom. The van der Waals surface area contributed by atoms with E-state index in [1.165, 1.54) is 6.20 Å². The number of aromatic amines is 2. The summed E-state index contributed by atoms with van der Waals surface area (Å²) in [6, 6.07) is 1.70. The predicted molar refractivity (Wildman–Crippen MR) is 58.3 cm³/mol. The summed E-state index contributed by atoms with van der Waals surface area (Å²) in [7, 11) is 0. The smallest absolute Gasteiger partial charge is 0.327 e. The lowest BCUT2D eigenvalue weighted by Crippen LogP contribution is -2.23. The van der Waals surface area contributed by atoms with Crippen LogP contribution in [0.3, 0.4) is 0 Å². The van der Waals surface area contributed by atoms with Gasteiger partial charge in [-0.25, -0.2) is 9.78 Å². The van der Waals surface area contributed by atoms with Crippen LogP contribution in [0.25, 0.3) is 11.0 Å². The third-order valence-corrected chi connectivity index (χ3v) is 2.19. The van der Waals surface area contributed by atoms with Gasteiger partial charge in [-0.1, -0.05) is 0 Å². The summed E-state index contributed by atoms with van der Waals surface area (Å²) in [6.07, 6.45) is 1.53. The van der Waals surface area contributed by atoms with Crippen molar-refractivity contribution in [3.63, 3.8) is 0 Å². The summed E-state index contributed by atoms with van der Waals surface area (Å²) < 4.78 is 5.24. The van der Waals surface area contributed by atoms with Gasteiger partial charge < -0.3 is 4.74 Å². The number of nitrogens with one attached hydrogen (secondary N) is 2. The van der Waals surface area contributed by atoms with Crippen LogP contribution in [0.5, 0.6) is 0 Å². The molecule has 6 nitrogen and oxygen atoms in total. The number of pyridine rings is 1. The van der Waals surface area contributed by atoms with E-state index in [0.717, 1.165) is 0 Å². The van der Waals surface area contributed by atoms with Crippen LogP contribution in [0, 0.1) is 0 Å². The Kier molecular flexibility index (Phi) is 2.82. The third kappa shape index (κ3) is 1.87. The van der Waals surface area contributed by atoms with Gasteiger partial charge in [0, 0.05) is 12.8 Å². The Balaban J connectivity index is 2.67. The quantitative estimate of drug-likeness (QED) is 0.772. The van der Waals surface area contributed by atoms with Gasteiger partial charge in [-0.3, -0.25) is 14.8 Å². The van der Waals surface area contributed by atoms with Crippen molar-refractivity contribution in [2.75, 3.05) is 6.61 Å². The molecule has 84 valence electrons. The fourth-order valence-corrected chi connectivity index (χ4v) is 1.49. The average Bonchev–Trinajstić information content (AvgIpc) is 2.25. The summed E-state index contributed by atoms with van der Waals surface area (Å²) in [5, 5.41) is 0.371. The highest BCUT2D eigenvalue weighted by atomic mass is 16.5. The molecule has 0 aliphatic rings. The van der Waals surface area contributed by atoms with Crippen molar-refractivity contribution < 1.29 is 4.74 Å². The first-order valence-corrected chi connectivity index (χ1v) is 4.90. The van der Waals surface area contributed by atoms with Crippen LogP contribution in [-0.4, -0.2) is 21.6 Å². The first-order chi connectivity index (χ1) is 7.72. The van der Waals surface area contributed by atoms with Crippen molar-refractivity contribution in [3.05, 3.63) is 38.7 Å². The standard InChI is InChI=1S/C10H11N3O3/c1-2-16-5-6-3-4-11-8-7(6)9(14)13-10(15)12-8/h3-4H,2,5H2,1H3,(H2,11,12,13,14,15). The normalized spacial score (nSPS) is 10.8. The maximum Gasteiger partial charge on any atom is 0.327 e. The van der Waals surface area contributed by atoms with Gasteiger partial charge in [0.05, 0.1) is 12.0 Å². The Labute approximate surface area is 90.3 Å². The molecule has 2 aromatic heterocycles. The molecule has 0 bridgehead atoms. The minimum Gasteiger partial charge on any atom is -0.377 e. The summed E-state index contributed by atoms with van der Waals surface area (Å²) in [5.74, 6) is 0. The number of rotatable bonds is 3. The first kappa shape index (κ1) is 10.6. The largest absolute Gasteiger partial charge is 0.377 e. The molecule has 0 spiro atoms. The van der Waals surface area contributed by atoms with Crippen molar-refractivity contribution in [2.24, 2.45) is 0 Å². The van der Waals surface area contributed by atoms with Crippen molar-refractivity contribution in [1.82, 2.24) is 15.0 Å². The van der Waals surface area contributed by atoms with Gasteiger partial charge in [-0.05, 0) is 18.6 Å². The summed E-state index contributed by atoms with van der Waals surface area (Å²) in [6.45, 7) is 2.76. The van der Waals surface area contributed by atoms with E-state index in [1.807, 2.05) is 6.92 Å². The second-order valence-corrected chi connectivity index (χ2v) is 3.24. The number of nitrogens with zero attached hydrogens (tertiary/aromatic N) is 1. The van der Waals surface area contributed by atoms with Crippen LogP contribution < -0.4 is 11.2 Å². The highest BCUT2D eigenvalue weighted by Gasteiger charge is 2.07. The van der Waals surface area contributed by atoms with Crippen molar-refractivity contribution in [2.45, 2.75) is 13.5 Å². The molecule has 0 saturated heterocycles. The Bertz CT molecular complexity index is 614. The molecule has 0 fully saturated rings. The minimum atomic E-state index is -0.557. The SMILES string of the molecule is CCOCc1ccnc2[nH]c(=O)[nH]c(=O)c12. The highest BCUT2D eigenvalue weighted by molar-refractivity contribution is 5.76. The molecule has 0 amide bonds. The van der Waals surface area contributed by atoms with E-state index < -0.39 is 11.2 Å². The number of hydrogen-bond acceptors (Lipinski definition) is 4. The molecule has 0 unspecified atom stereocenters. The molecule has 0 saturated carbocycles. The molecule has 0 atom stereocenters. The van der Waals surface area contributed by atoms with Crippen LogP contribution in [-0.2, 0) is 11.3 Å². The van der Waals surface area contributed by atoms with Gasteiger partial charge in [0.25, 0.3) is 5.56 Å². The van der Waals surface area contributed by atoms with Crippen LogP contribution in [0.15, 0.2) is 21.9 Å². The van der Waals surface area contributed by atoms with Gasteiger partial charge in [-0.15, -0.1) is 0 Å². The molecule has 16 heavy (non-hydrogen) atoms. The molecule has 2 heterocycles. The Hall–Kier alpha value is -1.95. The maximum absolute atomic E-state index is 11.6. The highest BCUT2D eigenvalue weighted by Crippen LogP contribution is 2.09. The number of ether oxygens (including phenoxy) is 1. The second-order valence-electron chi connectivity index (χ2n) is 3.24. The first-order valence-electron chi connectivity index (χ1n) is 4.90. The zero-order chi connectivity index (χ0) is 11.5. The second kappa shape index (κ2) is 4.28. The van der Waals surface area contributed by atoms with Gasteiger partial charge in [0.1, 0.15) is 5.65 Å². The molecule has 2 rings (SSSR count). The molecular formula is C10H11N3O3. The fourth-order valence-electron chi connectivity index (χ4n) is 1.49. The van der Waals surface area contributed by atoms with E-state index in [9.17, 15) is 9.59 Å². The number of aromatic nitrogens is 3. The zero-order valence-electron chi connectivity index (χ0n) is 8.74. The molecule has 0 radical (unpaired) electrons. The van der Waals surface area contributed by atoms with Crippen LogP contribution in [0.1, 0.15) is 12.5 Å². The van der Waals surface area contributed by atoms with Crippen molar-refractivity contribution >= 4 is 11.0 Å². The fraction of sp³-hybridized carbons (Fsp3) is 0.300. The molecule has 0 aliphatic carbocycles. The van der Waals surface area contributed by atoms with E-state index in [2.05, 4.69) is 15.0 Å². The van der Waals surface area contributed by atoms with E-state index in [-0.39, 0.29) is 5.65 Å². The topological polar surface area (TPSA) is 87.8 Å². The Morgan fingerprint density at radius 2 is 2.19 bits per heavy atom. The monoisotopic (exact) mass is 221 g/mol. The number of fused-ring (bicyclic) bond motifs is 1. The zero-order valence-corrected chi connectivity index (χ0v) is 8.74. The lowest BCUT2D eigenvalue weighted by Gasteiger charge is -2.04. The van der Waals surface area contributed by atoms with Gasteiger partial charge in [0.2, 0.25) is 0 Å². The molecule has 6 heteroatoms. The lowest BCUT2D eigenvalue weighted by atomic mass is 10.2. The summed E-state index contributed by atoms with van der Waals surface area (Å²) >= 11 is 0. The van der Waals surface area contributed by atoms with Gasteiger partial charge in [0.15, 0.2) is 0 Å². The van der Waals surface area contributed by atoms with Gasteiger partial charge in [-0.2, -0.15) is 0 Å². The predicted octanol–water partition coefficient (Wildman–Crippen LogP) is 0.148. The molecule has 2 N–H and O–H groups in total. The Morgan fingerprint density at radius 3 is 2.94 bits per heavy atom. The van der Waals surface area contributed by atoms with E-state index in [1.54, 1.807) is 6.07 Å². The van der Waals surface area contributed by atoms with E-state index >= 15 is 0 Å². The van der Waals surface area contributed by atoms with Crippen LogP contribution >= 0.6 is 0 Å².